The molecule has 2 aromatic rings. The first-order valence-electron chi connectivity index (χ1n) is 6.93. The number of nitrogens with zero attached hydrogens (tertiary/aromatic N) is 2. The minimum Gasteiger partial charge on any atom is -0.367 e. The third-order valence-corrected chi connectivity index (χ3v) is 3.17. The Morgan fingerprint density at radius 3 is 2.52 bits per heavy atom. The molecular weight excluding hydrogens is 264 g/mol. The van der Waals surface area contributed by atoms with Crippen molar-refractivity contribution in [3.05, 3.63) is 47.4 Å². The molecule has 0 spiro atoms. The second-order valence-electron chi connectivity index (χ2n) is 5.29. The Balaban J connectivity index is 2.11. The second kappa shape index (κ2) is 6.35. The molecule has 0 saturated carbocycles. The number of anilines is 2. The van der Waals surface area contributed by atoms with Gasteiger partial charge >= 0.3 is 0 Å². The van der Waals surface area contributed by atoms with Crippen LogP contribution in [0.2, 0.25) is 0 Å². The van der Waals surface area contributed by atoms with E-state index < -0.39 is 0 Å². The molecular formula is C16H20N4O. The molecule has 21 heavy (non-hydrogen) atoms. The van der Waals surface area contributed by atoms with E-state index in [1.54, 1.807) is 6.20 Å². The normalized spacial score (nSPS) is 10.5. The van der Waals surface area contributed by atoms with E-state index in [9.17, 15) is 4.79 Å². The van der Waals surface area contributed by atoms with Crippen molar-refractivity contribution in [2.45, 2.75) is 33.7 Å². The highest BCUT2D eigenvalue weighted by Gasteiger charge is 2.10. The summed E-state index contributed by atoms with van der Waals surface area (Å²) in [4.78, 5) is 20.5. The first kappa shape index (κ1) is 15.0. The van der Waals surface area contributed by atoms with E-state index in [1.165, 1.54) is 6.20 Å². The maximum atomic E-state index is 12.2. The number of rotatable bonds is 4. The van der Waals surface area contributed by atoms with Gasteiger partial charge in [0.05, 0.1) is 12.4 Å². The van der Waals surface area contributed by atoms with Crippen molar-refractivity contribution in [2.24, 2.45) is 0 Å². The van der Waals surface area contributed by atoms with Crippen LogP contribution in [-0.2, 0) is 0 Å². The fourth-order valence-corrected chi connectivity index (χ4v) is 1.89. The molecule has 0 aliphatic rings. The lowest BCUT2D eigenvalue weighted by atomic mass is 10.1. The molecule has 0 saturated heterocycles. The van der Waals surface area contributed by atoms with Crippen molar-refractivity contribution < 1.29 is 4.79 Å². The van der Waals surface area contributed by atoms with Crippen molar-refractivity contribution in [3.8, 4) is 0 Å². The zero-order valence-corrected chi connectivity index (χ0v) is 12.8. The predicted molar refractivity (Wildman–Crippen MR) is 84.7 cm³/mol. The number of aromatic nitrogens is 2. The second-order valence-corrected chi connectivity index (χ2v) is 5.29. The van der Waals surface area contributed by atoms with Gasteiger partial charge in [-0.1, -0.05) is 12.1 Å². The third-order valence-electron chi connectivity index (χ3n) is 3.17. The van der Waals surface area contributed by atoms with Crippen LogP contribution in [0.4, 0.5) is 11.5 Å². The molecule has 2 N–H and O–H groups in total. The number of carbonyl (C=O) groups excluding carboxylic acids is 1. The summed E-state index contributed by atoms with van der Waals surface area (Å²) in [6, 6.07) is 6.08. The van der Waals surface area contributed by atoms with Crippen molar-refractivity contribution in [3.63, 3.8) is 0 Å². The van der Waals surface area contributed by atoms with Gasteiger partial charge in [-0.05, 0) is 44.9 Å². The smallest absolute Gasteiger partial charge is 0.275 e. The topological polar surface area (TPSA) is 66.9 Å². The SMILES string of the molecule is Cc1cccc(NC(=O)c2cnc(NC(C)C)cn2)c1C. The standard InChI is InChI=1S/C16H20N4O/c1-10(2)19-15-9-17-14(8-18-15)16(21)20-13-7-5-6-11(3)12(13)4/h5-10H,1-4H3,(H,18,19)(H,20,21). The van der Waals surface area contributed by atoms with Crippen LogP contribution in [0.3, 0.4) is 0 Å². The quantitative estimate of drug-likeness (QED) is 0.905. The van der Waals surface area contributed by atoms with Crippen LogP contribution in [0.5, 0.6) is 0 Å². The lowest BCUT2D eigenvalue weighted by Gasteiger charge is -2.11. The average Bonchev–Trinajstić information content (AvgIpc) is 2.44. The zero-order valence-electron chi connectivity index (χ0n) is 12.8. The summed E-state index contributed by atoms with van der Waals surface area (Å²) in [6.45, 7) is 8.02. The summed E-state index contributed by atoms with van der Waals surface area (Å²) in [7, 11) is 0. The minimum atomic E-state index is -0.257. The largest absolute Gasteiger partial charge is 0.367 e. The summed E-state index contributed by atoms with van der Waals surface area (Å²) < 4.78 is 0. The first-order chi connectivity index (χ1) is 9.97. The summed E-state index contributed by atoms with van der Waals surface area (Å²) in [5.41, 5.74) is 3.28. The van der Waals surface area contributed by atoms with E-state index in [1.807, 2.05) is 45.9 Å². The van der Waals surface area contributed by atoms with Crippen LogP contribution in [-0.4, -0.2) is 21.9 Å². The summed E-state index contributed by atoms with van der Waals surface area (Å²) in [5.74, 6) is 0.403. The number of amides is 1. The molecule has 0 aliphatic heterocycles. The Bertz CT molecular complexity index is 635. The van der Waals surface area contributed by atoms with Crippen LogP contribution >= 0.6 is 0 Å². The number of aryl methyl sites for hydroxylation is 1. The van der Waals surface area contributed by atoms with Crippen molar-refractivity contribution >= 4 is 17.4 Å². The molecule has 5 heteroatoms. The highest BCUT2D eigenvalue weighted by atomic mass is 16.1. The van der Waals surface area contributed by atoms with Crippen LogP contribution in [0, 0.1) is 13.8 Å². The van der Waals surface area contributed by atoms with E-state index in [2.05, 4.69) is 20.6 Å². The Hall–Kier alpha value is -2.43. The van der Waals surface area contributed by atoms with Gasteiger partial charge in [-0.3, -0.25) is 4.79 Å². The predicted octanol–water partition coefficient (Wildman–Crippen LogP) is 3.17. The van der Waals surface area contributed by atoms with Gasteiger partial charge in [-0.25, -0.2) is 9.97 Å². The van der Waals surface area contributed by atoms with Crippen LogP contribution in [0.15, 0.2) is 30.6 Å². The van der Waals surface area contributed by atoms with Crippen LogP contribution in [0.25, 0.3) is 0 Å². The van der Waals surface area contributed by atoms with Crippen molar-refractivity contribution in [2.75, 3.05) is 10.6 Å². The molecule has 2 rings (SSSR count). The first-order valence-corrected chi connectivity index (χ1v) is 6.93. The Morgan fingerprint density at radius 2 is 1.90 bits per heavy atom. The monoisotopic (exact) mass is 284 g/mol. The van der Waals surface area contributed by atoms with E-state index in [-0.39, 0.29) is 11.9 Å². The molecule has 0 unspecified atom stereocenters. The third kappa shape index (κ3) is 3.78. The maximum absolute atomic E-state index is 12.2. The number of benzene rings is 1. The van der Waals surface area contributed by atoms with Gasteiger partial charge in [0.2, 0.25) is 0 Å². The van der Waals surface area contributed by atoms with Crippen molar-refractivity contribution in [1.29, 1.82) is 0 Å². The maximum Gasteiger partial charge on any atom is 0.275 e. The van der Waals surface area contributed by atoms with Gasteiger partial charge in [-0.2, -0.15) is 0 Å². The van der Waals surface area contributed by atoms with Gasteiger partial charge < -0.3 is 10.6 Å². The lowest BCUT2D eigenvalue weighted by molar-refractivity contribution is 0.102. The Labute approximate surface area is 124 Å². The van der Waals surface area contributed by atoms with Gasteiger partial charge in [0.25, 0.3) is 5.91 Å². The molecule has 0 bridgehead atoms. The van der Waals surface area contributed by atoms with E-state index in [0.29, 0.717) is 11.5 Å². The zero-order chi connectivity index (χ0) is 15.4. The fraction of sp³-hybridized carbons (Fsp3) is 0.312. The molecule has 5 nitrogen and oxygen atoms in total. The lowest BCUT2D eigenvalue weighted by Crippen LogP contribution is -2.16. The highest BCUT2D eigenvalue weighted by molar-refractivity contribution is 6.03. The van der Waals surface area contributed by atoms with Crippen molar-refractivity contribution in [1.82, 2.24) is 9.97 Å². The molecule has 0 aliphatic carbocycles. The number of hydrogen-bond donors (Lipinski definition) is 2. The molecule has 0 fully saturated rings. The fourth-order valence-electron chi connectivity index (χ4n) is 1.89. The molecule has 0 radical (unpaired) electrons. The Kier molecular flexibility index (Phi) is 4.52. The van der Waals surface area contributed by atoms with Gasteiger partial charge in [0.1, 0.15) is 11.5 Å². The van der Waals surface area contributed by atoms with Crippen LogP contribution < -0.4 is 10.6 Å². The van der Waals surface area contributed by atoms with Crippen LogP contribution in [0.1, 0.15) is 35.5 Å². The Morgan fingerprint density at radius 1 is 1.14 bits per heavy atom. The highest BCUT2D eigenvalue weighted by Crippen LogP contribution is 2.18. The molecule has 1 heterocycles. The minimum absolute atomic E-state index is 0.257. The molecule has 110 valence electrons. The van der Waals surface area contributed by atoms with Gasteiger partial charge in [0, 0.05) is 11.7 Å². The number of carbonyl (C=O) groups is 1. The number of nitrogens with one attached hydrogen (secondary N) is 2. The molecule has 1 amide bonds. The molecule has 1 aromatic heterocycles. The summed E-state index contributed by atoms with van der Waals surface area (Å²) in [6.07, 6.45) is 3.04. The molecule has 1 aromatic carbocycles. The number of hydrogen-bond acceptors (Lipinski definition) is 4. The summed E-state index contributed by atoms with van der Waals surface area (Å²) in [5, 5.41) is 6.00. The van der Waals surface area contributed by atoms with E-state index in [4.69, 9.17) is 0 Å². The van der Waals surface area contributed by atoms with Gasteiger partial charge in [-0.15, -0.1) is 0 Å². The van der Waals surface area contributed by atoms with E-state index in [0.717, 1.165) is 16.8 Å². The van der Waals surface area contributed by atoms with E-state index >= 15 is 0 Å². The van der Waals surface area contributed by atoms with Gasteiger partial charge in [0.15, 0.2) is 0 Å². The average molecular weight is 284 g/mol. The summed E-state index contributed by atoms with van der Waals surface area (Å²) >= 11 is 0. The molecule has 0 atom stereocenters.